The van der Waals surface area contributed by atoms with Gasteiger partial charge in [-0.1, -0.05) is 22.9 Å². The summed E-state index contributed by atoms with van der Waals surface area (Å²) >= 11 is 3.27. The van der Waals surface area contributed by atoms with Gasteiger partial charge in [0.15, 0.2) is 0 Å². The summed E-state index contributed by atoms with van der Waals surface area (Å²) in [6, 6.07) is 5.27. The van der Waals surface area contributed by atoms with Crippen molar-refractivity contribution < 1.29 is 4.39 Å². The first-order valence-electron chi connectivity index (χ1n) is 5.63. The van der Waals surface area contributed by atoms with Gasteiger partial charge in [-0.05, 0) is 24.7 Å². The predicted molar refractivity (Wildman–Crippen MR) is 68.4 cm³/mol. The Morgan fingerprint density at radius 1 is 1.25 bits per heavy atom. The highest BCUT2D eigenvalue weighted by molar-refractivity contribution is 9.10. The first kappa shape index (κ1) is 11.9. The second kappa shape index (κ2) is 5.15. The van der Waals surface area contributed by atoms with E-state index in [4.69, 9.17) is 0 Å². The molecule has 2 rings (SSSR count). The fourth-order valence-corrected chi connectivity index (χ4v) is 2.38. The molecule has 1 aromatic rings. The van der Waals surface area contributed by atoms with Crippen molar-refractivity contribution in [1.29, 1.82) is 0 Å². The summed E-state index contributed by atoms with van der Waals surface area (Å²) in [6.07, 6.45) is 0. The Balaban J connectivity index is 2.08. The van der Waals surface area contributed by atoms with Crippen LogP contribution < -0.4 is 4.90 Å². The summed E-state index contributed by atoms with van der Waals surface area (Å²) in [4.78, 5) is 4.50. The van der Waals surface area contributed by atoms with E-state index in [-0.39, 0.29) is 5.82 Å². The van der Waals surface area contributed by atoms with E-state index in [1.807, 2.05) is 12.1 Å². The maximum absolute atomic E-state index is 13.7. The maximum Gasteiger partial charge on any atom is 0.147 e. The predicted octanol–water partition coefficient (Wildman–Crippen LogP) is 2.73. The molecule has 1 aliphatic rings. The first-order chi connectivity index (χ1) is 7.70. The van der Waals surface area contributed by atoms with Gasteiger partial charge in [0.1, 0.15) is 5.82 Å². The van der Waals surface area contributed by atoms with Crippen LogP contribution in [0.15, 0.2) is 22.7 Å². The van der Waals surface area contributed by atoms with E-state index in [2.05, 4.69) is 32.7 Å². The third-order valence-corrected chi connectivity index (χ3v) is 3.56. The van der Waals surface area contributed by atoms with Crippen molar-refractivity contribution in [1.82, 2.24) is 4.90 Å². The molecule has 0 aliphatic carbocycles. The lowest BCUT2D eigenvalue weighted by molar-refractivity contribution is 0.270. The SMILES string of the molecule is CCN1CCN(c2ccc(Br)cc2F)CC1. The van der Waals surface area contributed by atoms with Gasteiger partial charge in [0, 0.05) is 30.7 Å². The molecular formula is C12H16BrFN2. The molecule has 1 saturated heterocycles. The smallest absolute Gasteiger partial charge is 0.147 e. The molecule has 0 amide bonds. The summed E-state index contributed by atoms with van der Waals surface area (Å²) in [5, 5.41) is 0. The average Bonchev–Trinajstić information content (AvgIpc) is 2.29. The van der Waals surface area contributed by atoms with Crippen LogP contribution >= 0.6 is 15.9 Å². The van der Waals surface area contributed by atoms with Crippen molar-refractivity contribution in [3.05, 3.63) is 28.5 Å². The Hall–Kier alpha value is -0.610. The zero-order valence-electron chi connectivity index (χ0n) is 9.42. The van der Waals surface area contributed by atoms with Crippen LogP contribution in [0.1, 0.15) is 6.92 Å². The van der Waals surface area contributed by atoms with Crippen LogP contribution in [0.5, 0.6) is 0 Å². The van der Waals surface area contributed by atoms with Gasteiger partial charge in [0.05, 0.1) is 5.69 Å². The minimum atomic E-state index is -0.140. The second-order valence-corrected chi connectivity index (χ2v) is 4.93. The fourth-order valence-electron chi connectivity index (χ4n) is 2.04. The van der Waals surface area contributed by atoms with Crippen molar-refractivity contribution in [2.24, 2.45) is 0 Å². The second-order valence-electron chi connectivity index (χ2n) is 4.02. The quantitative estimate of drug-likeness (QED) is 0.825. The van der Waals surface area contributed by atoms with Gasteiger partial charge < -0.3 is 9.80 Å². The number of piperazine rings is 1. The van der Waals surface area contributed by atoms with Crippen LogP contribution in [0, 0.1) is 5.82 Å². The minimum absolute atomic E-state index is 0.140. The monoisotopic (exact) mass is 286 g/mol. The maximum atomic E-state index is 13.7. The molecule has 1 aliphatic heterocycles. The van der Waals surface area contributed by atoms with Crippen molar-refractivity contribution in [3.8, 4) is 0 Å². The van der Waals surface area contributed by atoms with Crippen LogP contribution in [0.3, 0.4) is 0 Å². The molecule has 1 heterocycles. The Bertz CT molecular complexity index is 362. The van der Waals surface area contributed by atoms with E-state index in [1.54, 1.807) is 0 Å². The standard InChI is InChI=1S/C12H16BrFN2/c1-2-15-5-7-16(8-6-15)12-4-3-10(13)9-11(12)14/h3-4,9H,2,5-8H2,1H3. The van der Waals surface area contributed by atoms with Gasteiger partial charge in [0.2, 0.25) is 0 Å². The van der Waals surface area contributed by atoms with Crippen LogP contribution in [0.4, 0.5) is 10.1 Å². The highest BCUT2D eigenvalue weighted by atomic mass is 79.9. The lowest BCUT2D eigenvalue weighted by atomic mass is 10.2. The number of benzene rings is 1. The number of halogens is 2. The first-order valence-corrected chi connectivity index (χ1v) is 6.42. The highest BCUT2D eigenvalue weighted by Crippen LogP contribution is 2.24. The molecule has 0 N–H and O–H groups in total. The summed E-state index contributed by atoms with van der Waals surface area (Å²) in [6.45, 7) is 7.10. The Labute approximate surface area is 104 Å². The number of rotatable bonds is 2. The molecule has 2 nitrogen and oxygen atoms in total. The van der Waals surface area contributed by atoms with Gasteiger partial charge in [0.25, 0.3) is 0 Å². The zero-order valence-corrected chi connectivity index (χ0v) is 11.0. The van der Waals surface area contributed by atoms with Crippen molar-refractivity contribution in [2.45, 2.75) is 6.92 Å². The Morgan fingerprint density at radius 3 is 2.50 bits per heavy atom. The lowest BCUT2D eigenvalue weighted by Crippen LogP contribution is -2.46. The van der Waals surface area contributed by atoms with Crippen molar-refractivity contribution in [3.63, 3.8) is 0 Å². The number of likely N-dealkylation sites (N-methyl/N-ethyl adjacent to an activating group) is 1. The van der Waals surface area contributed by atoms with Gasteiger partial charge >= 0.3 is 0 Å². The highest BCUT2D eigenvalue weighted by Gasteiger charge is 2.18. The average molecular weight is 287 g/mol. The topological polar surface area (TPSA) is 6.48 Å². The molecule has 0 bridgehead atoms. The summed E-state index contributed by atoms with van der Waals surface area (Å²) < 4.78 is 14.5. The van der Waals surface area contributed by atoms with Gasteiger partial charge in [-0.2, -0.15) is 0 Å². The molecule has 0 saturated carbocycles. The van der Waals surface area contributed by atoms with Crippen LogP contribution in [0.2, 0.25) is 0 Å². The number of nitrogens with zero attached hydrogens (tertiary/aromatic N) is 2. The third kappa shape index (κ3) is 2.55. The molecular weight excluding hydrogens is 271 g/mol. The molecule has 1 aromatic carbocycles. The molecule has 4 heteroatoms. The van der Waals surface area contributed by atoms with Crippen molar-refractivity contribution >= 4 is 21.6 Å². The van der Waals surface area contributed by atoms with E-state index in [9.17, 15) is 4.39 Å². The Morgan fingerprint density at radius 2 is 1.94 bits per heavy atom. The minimum Gasteiger partial charge on any atom is -0.367 e. The van der Waals surface area contributed by atoms with Crippen LogP contribution in [0.25, 0.3) is 0 Å². The molecule has 0 radical (unpaired) electrons. The molecule has 16 heavy (non-hydrogen) atoms. The third-order valence-electron chi connectivity index (χ3n) is 3.07. The van der Waals surface area contributed by atoms with E-state index in [0.717, 1.165) is 42.9 Å². The van der Waals surface area contributed by atoms with Crippen molar-refractivity contribution in [2.75, 3.05) is 37.6 Å². The number of hydrogen-bond donors (Lipinski definition) is 0. The number of hydrogen-bond acceptors (Lipinski definition) is 2. The van der Waals surface area contributed by atoms with E-state index in [0.29, 0.717) is 0 Å². The lowest BCUT2D eigenvalue weighted by Gasteiger charge is -2.35. The Kier molecular flexibility index (Phi) is 3.82. The van der Waals surface area contributed by atoms with E-state index >= 15 is 0 Å². The van der Waals surface area contributed by atoms with Gasteiger partial charge in [-0.25, -0.2) is 4.39 Å². The van der Waals surface area contributed by atoms with Crippen LogP contribution in [-0.2, 0) is 0 Å². The molecule has 0 aromatic heterocycles. The van der Waals surface area contributed by atoms with Crippen LogP contribution in [-0.4, -0.2) is 37.6 Å². The zero-order chi connectivity index (χ0) is 11.5. The molecule has 0 spiro atoms. The normalized spacial score (nSPS) is 17.8. The van der Waals surface area contributed by atoms with Gasteiger partial charge in [-0.15, -0.1) is 0 Å². The van der Waals surface area contributed by atoms with Gasteiger partial charge in [-0.3, -0.25) is 0 Å². The molecule has 0 atom stereocenters. The van der Waals surface area contributed by atoms with E-state index in [1.165, 1.54) is 6.07 Å². The largest absolute Gasteiger partial charge is 0.367 e. The fraction of sp³-hybridized carbons (Fsp3) is 0.500. The summed E-state index contributed by atoms with van der Waals surface area (Å²) in [7, 11) is 0. The summed E-state index contributed by atoms with van der Waals surface area (Å²) in [5.74, 6) is -0.140. The number of anilines is 1. The molecule has 88 valence electrons. The molecule has 0 unspecified atom stereocenters. The van der Waals surface area contributed by atoms with E-state index < -0.39 is 0 Å². The summed E-state index contributed by atoms with van der Waals surface area (Å²) in [5.41, 5.74) is 0.721. The molecule has 1 fully saturated rings.